The Morgan fingerprint density at radius 1 is 1.05 bits per heavy atom. The smallest absolute Gasteiger partial charge is 0.409 e. The lowest BCUT2D eigenvalue weighted by atomic mass is 10.3. The van der Waals surface area contributed by atoms with Crippen molar-refractivity contribution in [1.82, 2.24) is 4.90 Å². The summed E-state index contributed by atoms with van der Waals surface area (Å²) in [6.45, 7) is 8.22. The van der Waals surface area contributed by atoms with Gasteiger partial charge in [-0.15, -0.1) is 0 Å². The summed E-state index contributed by atoms with van der Waals surface area (Å²) in [5, 5.41) is 17.3. The maximum Gasteiger partial charge on any atom is 0.409 e. The predicted molar refractivity (Wildman–Crippen MR) is 88.2 cm³/mol. The third-order valence-electron chi connectivity index (χ3n) is 2.92. The van der Waals surface area contributed by atoms with Crippen LogP contribution in [0.15, 0.2) is 24.3 Å². The topological polar surface area (TPSA) is 70.0 Å². The van der Waals surface area contributed by atoms with E-state index in [0.29, 0.717) is 6.61 Å². The fraction of sp³-hybridized carbons (Fsp3) is 0.588. The van der Waals surface area contributed by atoms with E-state index in [4.69, 9.17) is 14.9 Å². The zero-order valence-electron chi connectivity index (χ0n) is 13.9. The minimum atomic E-state index is -0.158. The quantitative estimate of drug-likeness (QED) is 0.794. The van der Waals surface area contributed by atoms with Crippen LogP contribution >= 0.6 is 0 Å². The molecule has 0 unspecified atom stereocenters. The maximum atomic E-state index is 11.5. The van der Waals surface area contributed by atoms with Crippen molar-refractivity contribution < 1.29 is 19.7 Å². The van der Waals surface area contributed by atoms with Crippen molar-refractivity contribution in [3.63, 3.8) is 0 Å². The van der Waals surface area contributed by atoms with Crippen molar-refractivity contribution in [3.8, 4) is 11.5 Å². The molecule has 0 bridgehead atoms. The van der Waals surface area contributed by atoms with Gasteiger partial charge in [0.1, 0.15) is 11.5 Å². The number of carbonyl (C=O) groups excluding carboxylic acids is 1. The van der Waals surface area contributed by atoms with Gasteiger partial charge < -0.3 is 19.8 Å². The molecule has 0 fully saturated rings. The van der Waals surface area contributed by atoms with Crippen molar-refractivity contribution in [2.24, 2.45) is 0 Å². The number of rotatable bonds is 7. The van der Waals surface area contributed by atoms with Crippen LogP contribution in [0.1, 0.15) is 46.5 Å². The molecule has 0 saturated heterocycles. The van der Waals surface area contributed by atoms with Gasteiger partial charge in [0.05, 0.1) is 6.61 Å². The number of hydrogen-bond acceptors (Lipinski definition) is 4. The Bertz CT molecular complexity index is 384. The predicted octanol–water partition coefficient (Wildman–Crippen LogP) is 4.14. The number of carbonyl (C=O) groups is 1. The first-order chi connectivity index (χ1) is 10.5. The van der Waals surface area contributed by atoms with Crippen LogP contribution < -0.4 is 0 Å². The molecule has 0 aliphatic rings. The van der Waals surface area contributed by atoms with Gasteiger partial charge in [-0.05, 0) is 31.9 Å². The van der Waals surface area contributed by atoms with Crippen molar-refractivity contribution in [2.75, 3.05) is 19.7 Å². The molecular weight excluding hydrogens is 282 g/mol. The summed E-state index contributed by atoms with van der Waals surface area (Å²) >= 11 is 0. The highest BCUT2D eigenvalue weighted by atomic mass is 16.6. The van der Waals surface area contributed by atoms with Gasteiger partial charge in [0.25, 0.3) is 0 Å². The van der Waals surface area contributed by atoms with E-state index < -0.39 is 0 Å². The molecule has 126 valence electrons. The summed E-state index contributed by atoms with van der Waals surface area (Å²) in [4.78, 5) is 13.3. The average molecular weight is 311 g/mol. The highest BCUT2D eigenvalue weighted by molar-refractivity contribution is 5.67. The Labute approximate surface area is 133 Å². The number of benzene rings is 1. The van der Waals surface area contributed by atoms with Gasteiger partial charge in [0, 0.05) is 19.2 Å². The van der Waals surface area contributed by atoms with Gasteiger partial charge in [-0.3, -0.25) is 0 Å². The monoisotopic (exact) mass is 311 g/mol. The molecule has 1 amide bonds. The molecule has 0 spiro atoms. The molecule has 5 nitrogen and oxygen atoms in total. The summed E-state index contributed by atoms with van der Waals surface area (Å²) in [6, 6.07) is 5.85. The molecule has 0 radical (unpaired) electrons. The molecule has 0 atom stereocenters. The second-order valence-corrected chi connectivity index (χ2v) is 4.91. The van der Waals surface area contributed by atoms with Crippen LogP contribution in [-0.2, 0) is 4.74 Å². The Morgan fingerprint density at radius 2 is 1.55 bits per heavy atom. The van der Waals surface area contributed by atoms with Crippen molar-refractivity contribution in [2.45, 2.75) is 46.5 Å². The maximum absolute atomic E-state index is 11.5. The molecule has 2 N–H and O–H groups in total. The number of hydrogen-bond donors (Lipinski definition) is 2. The number of unbranched alkanes of at least 4 members (excludes halogenated alkanes) is 2. The minimum absolute atomic E-state index is 0.0880. The van der Waals surface area contributed by atoms with Crippen LogP contribution in [0.3, 0.4) is 0 Å². The first-order valence-corrected chi connectivity index (χ1v) is 7.94. The Balaban J connectivity index is 0.000000461. The first kappa shape index (κ1) is 20.1. The molecule has 1 aromatic carbocycles. The number of ether oxygens (including phenoxy) is 1. The van der Waals surface area contributed by atoms with Crippen LogP contribution in [0.5, 0.6) is 11.5 Å². The number of aromatic hydroxyl groups is 2. The fourth-order valence-electron chi connectivity index (χ4n) is 1.70. The Morgan fingerprint density at radius 3 is 1.86 bits per heavy atom. The Hall–Kier alpha value is -1.91. The zero-order chi connectivity index (χ0) is 16.8. The molecule has 22 heavy (non-hydrogen) atoms. The Kier molecular flexibility index (Phi) is 11.7. The molecule has 1 rings (SSSR count). The fourth-order valence-corrected chi connectivity index (χ4v) is 1.70. The summed E-state index contributed by atoms with van der Waals surface area (Å²) < 4.78 is 4.99. The third kappa shape index (κ3) is 9.91. The van der Waals surface area contributed by atoms with Gasteiger partial charge in [-0.1, -0.05) is 32.8 Å². The standard InChI is InChI=1S/C11H23NO2.C6H6O2/c1-4-7-9-12(10-8-5-2)11(13)14-6-3;7-5-2-1-3-6(8)4-5/h4-10H2,1-3H3;1-4,7-8H. The van der Waals surface area contributed by atoms with Crippen LogP contribution in [0, 0.1) is 0 Å². The van der Waals surface area contributed by atoms with Gasteiger partial charge in [-0.2, -0.15) is 0 Å². The molecule has 0 heterocycles. The number of nitrogens with zero attached hydrogens (tertiary/aromatic N) is 1. The van der Waals surface area contributed by atoms with E-state index in [1.54, 1.807) is 6.07 Å². The first-order valence-electron chi connectivity index (χ1n) is 7.94. The lowest BCUT2D eigenvalue weighted by Gasteiger charge is -2.21. The van der Waals surface area contributed by atoms with Crippen molar-refractivity contribution in [1.29, 1.82) is 0 Å². The van der Waals surface area contributed by atoms with Gasteiger partial charge in [0.2, 0.25) is 0 Å². The van der Waals surface area contributed by atoms with Gasteiger partial charge in [-0.25, -0.2) is 4.79 Å². The van der Waals surface area contributed by atoms with E-state index in [1.165, 1.54) is 18.2 Å². The number of amides is 1. The highest BCUT2D eigenvalue weighted by Gasteiger charge is 2.12. The number of phenols is 2. The van der Waals surface area contributed by atoms with E-state index in [1.807, 2.05) is 11.8 Å². The van der Waals surface area contributed by atoms with E-state index in [0.717, 1.165) is 38.8 Å². The van der Waals surface area contributed by atoms with Crippen molar-refractivity contribution in [3.05, 3.63) is 24.3 Å². The summed E-state index contributed by atoms with van der Waals surface area (Å²) in [7, 11) is 0. The van der Waals surface area contributed by atoms with Crippen LogP contribution in [0.2, 0.25) is 0 Å². The SMILES string of the molecule is CCCCN(CCCC)C(=O)OCC.Oc1cccc(O)c1. The van der Waals surface area contributed by atoms with Crippen LogP contribution in [0.25, 0.3) is 0 Å². The average Bonchev–Trinajstić information content (AvgIpc) is 2.48. The normalized spacial score (nSPS) is 9.59. The third-order valence-corrected chi connectivity index (χ3v) is 2.92. The highest BCUT2D eigenvalue weighted by Crippen LogP contribution is 2.14. The van der Waals surface area contributed by atoms with E-state index in [9.17, 15) is 4.79 Å². The lowest BCUT2D eigenvalue weighted by molar-refractivity contribution is 0.106. The summed E-state index contributed by atoms with van der Waals surface area (Å²) in [6.07, 6.45) is 4.18. The lowest BCUT2D eigenvalue weighted by Crippen LogP contribution is -2.33. The van der Waals surface area contributed by atoms with Gasteiger partial charge in [0.15, 0.2) is 0 Å². The summed E-state index contributed by atoms with van der Waals surface area (Å²) in [5.41, 5.74) is 0. The van der Waals surface area contributed by atoms with E-state index in [2.05, 4.69) is 13.8 Å². The molecule has 0 saturated carbocycles. The molecule has 0 aliphatic heterocycles. The molecule has 5 heteroatoms. The second kappa shape index (κ2) is 12.8. The second-order valence-electron chi connectivity index (χ2n) is 4.91. The molecular formula is C17H29NO4. The van der Waals surface area contributed by atoms with Crippen LogP contribution in [-0.4, -0.2) is 40.9 Å². The minimum Gasteiger partial charge on any atom is -0.508 e. The van der Waals surface area contributed by atoms with E-state index in [-0.39, 0.29) is 17.6 Å². The molecule has 0 aliphatic carbocycles. The van der Waals surface area contributed by atoms with Gasteiger partial charge >= 0.3 is 6.09 Å². The molecule has 0 aromatic heterocycles. The van der Waals surface area contributed by atoms with E-state index >= 15 is 0 Å². The zero-order valence-corrected chi connectivity index (χ0v) is 13.9. The summed E-state index contributed by atoms with van der Waals surface area (Å²) in [5.74, 6) is 0.176. The van der Waals surface area contributed by atoms with Crippen LogP contribution in [0.4, 0.5) is 4.79 Å². The largest absolute Gasteiger partial charge is 0.508 e. The number of phenolic OH excluding ortho intramolecular Hbond substituents is 2. The molecule has 1 aromatic rings. The van der Waals surface area contributed by atoms with Crippen molar-refractivity contribution >= 4 is 6.09 Å².